The van der Waals surface area contributed by atoms with E-state index in [1.807, 2.05) is 23.1 Å². The summed E-state index contributed by atoms with van der Waals surface area (Å²) < 4.78 is 13.7. The average molecular weight is 364 g/mol. The monoisotopic (exact) mass is 364 g/mol. The van der Waals surface area contributed by atoms with Crippen molar-refractivity contribution in [2.24, 2.45) is 0 Å². The maximum Gasteiger partial charge on any atom is 0.273 e. The maximum atomic E-state index is 13.7. The van der Waals surface area contributed by atoms with Gasteiger partial charge in [-0.15, -0.1) is 0 Å². The molecule has 1 atom stereocenters. The molecule has 1 aliphatic heterocycles. The predicted octanol–water partition coefficient (Wildman–Crippen LogP) is 2.08. The molecule has 0 bridgehead atoms. The van der Waals surface area contributed by atoms with Crippen LogP contribution in [0.4, 0.5) is 10.3 Å². The fourth-order valence-electron chi connectivity index (χ4n) is 3.04. The summed E-state index contributed by atoms with van der Waals surface area (Å²) in [6.45, 7) is 1.25. The Bertz CT molecular complexity index is 952. The fourth-order valence-corrected chi connectivity index (χ4v) is 3.04. The predicted molar refractivity (Wildman–Crippen MR) is 97.5 cm³/mol. The number of nitrogens with zero attached hydrogens (tertiary/aromatic N) is 5. The highest BCUT2D eigenvalue weighted by Crippen LogP contribution is 2.21. The van der Waals surface area contributed by atoms with E-state index < -0.39 is 11.7 Å². The molecule has 1 N–H and O–H groups in total. The van der Waals surface area contributed by atoms with Crippen LogP contribution >= 0.6 is 0 Å². The summed E-state index contributed by atoms with van der Waals surface area (Å²) in [4.78, 5) is 31.1. The molecule has 0 saturated carbocycles. The van der Waals surface area contributed by atoms with Gasteiger partial charge >= 0.3 is 0 Å². The second-order valence-electron chi connectivity index (χ2n) is 6.22. The number of pyridine rings is 2. The molecule has 1 fully saturated rings. The van der Waals surface area contributed by atoms with E-state index in [2.05, 4.69) is 25.3 Å². The molecule has 4 heterocycles. The molecule has 3 aromatic rings. The number of hydrogen-bond donors (Lipinski definition) is 1. The van der Waals surface area contributed by atoms with Gasteiger partial charge in [0.15, 0.2) is 11.5 Å². The minimum atomic E-state index is -0.627. The van der Waals surface area contributed by atoms with Gasteiger partial charge in [-0.3, -0.25) is 9.78 Å². The van der Waals surface area contributed by atoms with Crippen LogP contribution in [0, 0.1) is 5.82 Å². The van der Waals surface area contributed by atoms with E-state index in [1.54, 1.807) is 18.6 Å². The van der Waals surface area contributed by atoms with E-state index in [0.29, 0.717) is 19.0 Å². The second-order valence-corrected chi connectivity index (χ2v) is 6.22. The van der Waals surface area contributed by atoms with Gasteiger partial charge in [0.25, 0.3) is 5.91 Å². The first-order valence-corrected chi connectivity index (χ1v) is 8.60. The van der Waals surface area contributed by atoms with Crippen LogP contribution in [-0.2, 0) is 0 Å². The first-order valence-electron chi connectivity index (χ1n) is 8.60. The lowest BCUT2D eigenvalue weighted by molar-refractivity contribution is 0.0931. The van der Waals surface area contributed by atoms with Gasteiger partial charge in [0.05, 0.1) is 5.69 Å². The molecule has 1 amide bonds. The SMILES string of the molecule is O=C(NC1CCN(c2nccc(-c3cccnc3)n2)C1)c1ncccc1F. The summed E-state index contributed by atoms with van der Waals surface area (Å²) in [6.07, 6.45) is 7.29. The van der Waals surface area contributed by atoms with E-state index in [4.69, 9.17) is 0 Å². The minimum absolute atomic E-state index is 0.121. The van der Waals surface area contributed by atoms with Gasteiger partial charge in [-0.2, -0.15) is 0 Å². The summed E-state index contributed by atoms with van der Waals surface area (Å²) in [5.41, 5.74) is 1.51. The zero-order valence-corrected chi connectivity index (χ0v) is 14.4. The van der Waals surface area contributed by atoms with Crippen molar-refractivity contribution >= 4 is 11.9 Å². The lowest BCUT2D eigenvalue weighted by Gasteiger charge is -2.17. The molecule has 0 aromatic carbocycles. The average Bonchev–Trinajstić information content (AvgIpc) is 3.17. The summed E-state index contributed by atoms with van der Waals surface area (Å²) in [5, 5.41) is 2.83. The number of nitrogens with one attached hydrogen (secondary N) is 1. The Hall–Kier alpha value is -3.42. The lowest BCUT2D eigenvalue weighted by Crippen LogP contribution is -2.38. The van der Waals surface area contributed by atoms with Gasteiger partial charge in [-0.05, 0) is 36.8 Å². The second kappa shape index (κ2) is 7.45. The highest BCUT2D eigenvalue weighted by Gasteiger charge is 2.27. The van der Waals surface area contributed by atoms with Gasteiger partial charge < -0.3 is 10.2 Å². The van der Waals surface area contributed by atoms with E-state index in [9.17, 15) is 9.18 Å². The van der Waals surface area contributed by atoms with Crippen molar-refractivity contribution < 1.29 is 9.18 Å². The van der Waals surface area contributed by atoms with E-state index >= 15 is 0 Å². The molecule has 3 aromatic heterocycles. The highest BCUT2D eigenvalue weighted by atomic mass is 19.1. The smallest absolute Gasteiger partial charge is 0.273 e. The van der Waals surface area contributed by atoms with Crippen molar-refractivity contribution in [3.63, 3.8) is 0 Å². The Morgan fingerprint density at radius 2 is 2.04 bits per heavy atom. The van der Waals surface area contributed by atoms with Gasteiger partial charge in [-0.25, -0.2) is 19.3 Å². The number of carbonyl (C=O) groups is 1. The van der Waals surface area contributed by atoms with Crippen LogP contribution in [0.3, 0.4) is 0 Å². The number of anilines is 1. The number of rotatable bonds is 4. The Kier molecular flexibility index (Phi) is 4.69. The molecular weight excluding hydrogens is 347 g/mol. The largest absolute Gasteiger partial charge is 0.346 e. The van der Waals surface area contributed by atoms with Crippen LogP contribution in [-0.4, -0.2) is 45.0 Å². The zero-order valence-electron chi connectivity index (χ0n) is 14.4. The van der Waals surface area contributed by atoms with Gasteiger partial charge in [0.1, 0.15) is 0 Å². The van der Waals surface area contributed by atoms with E-state index in [-0.39, 0.29) is 11.7 Å². The Morgan fingerprint density at radius 3 is 2.85 bits per heavy atom. The molecule has 1 unspecified atom stereocenters. The van der Waals surface area contributed by atoms with Crippen molar-refractivity contribution in [1.82, 2.24) is 25.3 Å². The van der Waals surface area contributed by atoms with Crippen LogP contribution < -0.4 is 10.2 Å². The number of hydrogen-bond acceptors (Lipinski definition) is 6. The molecule has 4 rings (SSSR count). The van der Waals surface area contributed by atoms with Crippen molar-refractivity contribution in [3.05, 3.63) is 66.6 Å². The van der Waals surface area contributed by atoms with Gasteiger partial charge in [0, 0.05) is 49.5 Å². The maximum absolute atomic E-state index is 13.7. The third kappa shape index (κ3) is 3.74. The zero-order chi connectivity index (χ0) is 18.6. The molecule has 8 heteroatoms. The van der Waals surface area contributed by atoms with Crippen LogP contribution in [0.1, 0.15) is 16.9 Å². The Balaban J connectivity index is 1.44. The quantitative estimate of drug-likeness (QED) is 0.763. The first-order chi connectivity index (χ1) is 13.2. The van der Waals surface area contributed by atoms with Crippen molar-refractivity contribution in [2.75, 3.05) is 18.0 Å². The number of aromatic nitrogens is 4. The summed E-state index contributed by atoms with van der Waals surface area (Å²) >= 11 is 0. The highest BCUT2D eigenvalue weighted by molar-refractivity contribution is 5.92. The number of carbonyl (C=O) groups excluding carboxylic acids is 1. The van der Waals surface area contributed by atoms with Crippen LogP contribution in [0.2, 0.25) is 0 Å². The van der Waals surface area contributed by atoms with E-state index in [1.165, 1.54) is 18.3 Å². The van der Waals surface area contributed by atoms with Crippen LogP contribution in [0.25, 0.3) is 11.3 Å². The molecular formula is C19H17FN6O. The van der Waals surface area contributed by atoms with Gasteiger partial charge in [0.2, 0.25) is 5.95 Å². The third-order valence-corrected chi connectivity index (χ3v) is 4.38. The fraction of sp³-hybridized carbons (Fsp3) is 0.211. The standard InChI is InChI=1S/C19H17FN6O/c20-15-4-2-8-22-17(15)18(27)24-14-6-10-26(12-14)19-23-9-5-16(25-19)13-3-1-7-21-11-13/h1-5,7-9,11,14H,6,10,12H2,(H,24,27). The molecule has 136 valence electrons. The summed E-state index contributed by atoms with van der Waals surface area (Å²) in [7, 11) is 0. The lowest BCUT2D eigenvalue weighted by atomic mass is 10.2. The molecule has 7 nitrogen and oxygen atoms in total. The van der Waals surface area contributed by atoms with Crippen LogP contribution in [0.5, 0.6) is 0 Å². The molecule has 1 saturated heterocycles. The van der Waals surface area contributed by atoms with Crippen molar-refractivity contribution in [1.29, 1.82) is 0 Å². The summed E-state index contributed by atoms with van der Waals surface area (Å²) in [5.74, 6) is -0.542. The van der Waals surface area contributed by atoms with Crippen molar-refractivity contribution in [2.45, 2.75) is 12.5 Å². The number of amides is 1. The number of halogens is 1. The van der Waals surface area contributed by atoms with Gasteiger partial charge in [-0.1, -0.05) is 0 Å². The Morgan fingerprint density at radius 1 is 1.15 bits per heavy atom. The van der Waals surface area contributed by atoms with Crippen molar-refractivity contribution in [3.8, 4) is 11.3 Å². The minimum Gasteiger partial charge on any atom is -0.346 e. The molecule has 0 aliphatic carbocycles. The molecule has 1 aliphatic rings. The molecule has 0 spiro atoms. The molecule has 27 heavy (non-hydrogen) atoms. The summed E-state index contributed by atoms with van der Waals surface area (Å²) in [6, 6.07) is 8.18. The van der Waals surface area contributed by atoms with E-state index in [0.717, 1.165) is 17.7 Å². The molecule has 0 radical (unpaired) electrons. The normalized spacial score (nSPS) is 16.3. The topological polar surface area (TPSA) is 83.9 Å². The third-order valence-electron chi connectivity index (χ3n) is 4.38. The van der Waals surface area contributed by atoms with Crippen LogP contribution in [0.15, 0.2) is 55.1 Å². The Labute approximate surface area is 155 Å². The first kappa shape index (κ1) is 17.0.